The van der Waals surface area contributed by atoms with E-state index in [0.717, 1.165) is 48.5 Å². The summed E-state index contributed by atoms with van der Waals surface area (Å²) < 4.78 is 46.7. The summed E-state index contributed by atoms with van der Waals surface area (Å²) in [6.07, 6.45) is -3.11. The Hall–Kier alpha value is -4.69. The van der Waals surface area contributed by atoms with Gasteiger partial charge in [0.2, 0.25) is 23.6 Å². The molecule has 2 aliphatic carbocycles. The summed E-state index contributed by atoms with van der Waals surface area (Å²) in [6, 6.07) is 10.2. The molecule has 8 rings (SSSR count). The SMILES string of the molecule is Cc1c(-c2cc(N3C(=O)C4CC5C(=CCC6C(=O)N(C)C(=O)C65)C(c5cc(OC(F)(F)F)ccc5O)C4(C)C3=O)n(C)n2)sc2ccc(Cl)cc12. The van der Waals surface area contributed by atoms with Gasteiger partial charge >= 0.3 is 6.36 Å². The van der Waals surface area contributed by atoms with Crippen LogP contribution >= 0.6 is 22.9 Å². The van der Waals surface area contributed by atoms with Crippen LogP contribution in [0.2, 0.25) is 5.02 Å². The number of likely N-dealkylation sites (tertiary alicyclic amines) is 1. The Balaban J connectivity index is 1.27. The maximum Gasteiger partial charge on any atom is 0.573 e. The highest BCUT2D eigenvalue weighted by atomic mass is 35.5. The van der Waals surface area contributed by atoms with E-state index in [1.807, 2.05) is 19.1 Å². The Labute approximate surface area is 298 Å². The van der Waals surface area contributed by atoms with E-state index in [0.29, 0.717) is 16.3 Å². The molecule has 0 spiro atoms. The lowest BCUT2D eigenvalue weighted by Crippen LogP contribution is -2.48. The normalized spacial score (nSPS) is 27.6. The van der Waals surface area contributed by atoms with Crippen LogP contribution in [0, 0.1) is 36.0 Å². The number of thiophene rings is 1. The van der Waals surface area contributed by atoms with E-state index in [1.54, 1.807) is 32.2 Å². The van der Waals surface area contributed by atoms with Gasteiger partial charge in [0, 0.05) is 41.4 Å². The molecule has 6 atom stereocenters. The summed E-state index contributed by atoms with van der Waals surface area (Å²) in [5.74, 6) is -7.27. The first-order chi connectivity index (χ1) is 24.0. The third-order valence-corrected chi connectivity index (χ3v) is 12.8. The second kappa shape index (κ2) is 11.2. The first kappa shape index (κ1) is 33.5. The van der Waals surface area contributed by atoms with Gasteiger partial charge in [0.05, 0.1) is 28.0 Å². The number of halogens is 4. The van der Waals surface area contributed by atoms with Crippen LogP contribution in [0.3, 0.4) is 0 Å². The standard InChI is InChI=1S/C36H30ClF3N4O6S/c1-15-20-11-16(37)5-10-26(20)51-30(15)24-14-27(43(4)41-24)44-32(47)23-13-21-18(7-8-19-28(21)33(48)42(3)31(19)46)29(35(23,2)34(44)49)22-12-17(6-9-25(22)45)50-36(38,39)40/h5-7,9-12,14,19,21,23,28-29,45H,8,13H2,1-4H3. The molecule has 0 bridgehead atoms. The maximum atomic E-state index is 14.9. The molecule has 4 aliphatic rings. The Bertz CT molecular complexity index is 2260. The Morgan fingerprint density at radius 1 is 1.02 bits per heavy atom. The summed E-state index contributed by atoms with van der Waals surface area (Å²) >= 11 is 7.74. The van der Waals surface area contributed by atoms with Gasteiger partial charge in [-0.3, -0.25) is 28.8 Å². The van der Waals surface area contributed by atoms with E-state index in [-0.39, 0.29) is 30.1 Å². The lowest BCUT2D eigenvalue weighted by atomic mass is 9.51. The highest BCUT2D eigenvalue weighted by Gasteiger charge is 2.68. The number of rotatable bonds is 4. The molecule has 2 aliphatic heterocycles. The fraction of sp³-hybridized carbons (Fsp3) is 0.361. The van der Waals surface area contributed by atoms with Crippen molar-refractivity contribution in [2.75, 3.05) is 11.9 Å². The minimum absolute atomic E-state index is 0.0360. The molecule has 4 amide bonds. The van der Waals surface area contributed by atoms with Crippen molar-refractivity contribution >= 4 is 62.5 Å². The number of aromatic hydroxyl groups is 1. The van der Waals surface area contributed by atoms with Crippen molar-refractivity contribution in [3.05, 3.63) is 70.3 Å². The number of aromatic nitrogens is 2. The molecule has 10 nitrogen and oxygen atoms in total. The number of imide groups is 2. The van der Waals surface area contributed by atoms with Crippen LogP contribution in [-0.2, 0) is 26.2 Å². The van der Waals surface area contributed by atoms with Crippen molar-refractivity contribution in [2.45, 2.75) is 39.0 Å². The number of anilines is 1. The predicted molar refractivity (Wildman–Crippen MR) is 181 cm³/mol. The zero-order chi connectivity index (χ0) is 36.5. The fourth-order valence-corrected chi connectivity index (χ4v) is 10.2. The van der Waals surface area contributed by atoms with E-state index in [9.17, 15) is 37.5 Å². The van der Waals surface area contributed by atoms with Crippen molar-refractivity contribution in [1.29, 1.82) is 0 Å². The van der Waals surface area contributed by atoms with E-state index in [4.69, 9.17) is 11.6 Å². The summed E-state index contributed by atoms with van der Waals surface area (Å²) in [5.41, 5.74) is 0.277. The van der Waals surface area contributed by atoms with Crippen LogP contribution in [0.15, 0.2) is 54.1 Å². The van der Waals surface area contributed by atoms with Crippen LogP contribution in [0.5, 0.6) is 11.5 Å². The van der Waals surface area contributed by atoms with E-state index < -0.39 is 70.6 Å². The topological polar surface area (TPSA) is 122 Å². The number of alkyl halides is 3. The molecule has 15 heteroatoms. The number of ether oxygens (including phenoxy) is 1. The number of hydrogen-bond donors (Lipinski definition) is 1. The van der Waals surface area contributed by atoms with Crippen molar-refractivity contribution < 1.29 is 42.2 Å². The number of fused-ring (bicyclic) bond motifs is 5. The molecular weight excluding hydrogens is 709 g/mol. The van der Waals surface area contributed by atoms with Crippen molar-refractivity contribution in [2.24, 2.45) is 36.1 Å². The van der Waals surface area contributed by atoms with E-state index in [2.05, 4.69) is 9.84 Å². The Morgan fingerprint density at radius 2 is 1.76 bits per heavy atom. The molecule has 2 aromatic carbocycles. The fourth-order valence-electron chi connectivity index (χ4n) is 8.91. The molecule has 6 unspecified atom stereocenters. The number of nitrogens with zero attached hydrogens (tertiary/aromatic N) is 4. The van der Waals surface area contributed by atoms with E-state index in [1.165, 1.54) is 23.1 Å². The number of hydrogen-bond acceptors (Lipinski definition) is 8. The third-order valence-electron chi connectivity index (χ3n) is 11.3. The Kier molecular flexibility index (Phi) is 7.32. The predicted octanol–water partition coefficient (Wildman–Crippen LogP) is 6.73. The second-order valence-corrected chi connectivity index (χ2v) is 15.4. The average molecular weight is 739 g/mol. The van der Waals surface area contributed by atoms with E-state index >= 15 is 0 Å². The van der Waals surface area contributed by atoms with Gasteiger partial charge in [0.1, 0.15) is 23.0 Å². The number of aryl methyl sites for hydroxylation is 2. The number of amides is 4. The minimum Gasteiger partial charge on any atom is -0.508 e. The summed E-state index contributed by atoms with van der Waals surface area (Å²) in [7, 11) is 3.01. The highest BCUT2D eigenvalue weighted by molar-refractivity contribution is 7.22. The Morgan fingerprint density at radius 3 is 2.49 bits per heavy atom. The van der Waals surface area contributed by atoms with Crippen molar-refractivity contribution in [3.8, 4) is 22.1 Å². The molecule has 0 radical (unpaired) electrons. The molecule has 4 heterocycles. The van der Waals surface area contributed by atoms with Gasteiger partial charge in [0.25, 0.3) is 0 Å². The number of phenolic OH excluding ortho intramolecular Hbond substituents is 1. The first-order valence-electron chi connectivity index (χ1n) is 16.2. The number of carbonyl (C=O) groups excluding carboxylic acids is 4. The lowest BCUT2D eigenvalue weighted by molar-refractivity contribution is -0.274. The van der Waals surface area contributed by atoms with Crippen LogP contribution in [0.25, 0.3) is 20.7 Å². The molecule has 4 aromatic rings. The zero-order valence-corrected chi connectivity index (χ0v) is 29.2. The summed E-state index contributed by atoms with van der Waals surface area (Å²) in [4.78, 5) is 59.1. The smallest absolute Gasteiger partial charge is 0.508 e. The summed E-state index contributed by atoms with van der Waals surface area (Å²) in [5, 5.41) is 17.4. The van der Waals surface area contributed by atoms with Gasteiger partial charge in [-0.1, -0.05) is 23.3 Å². The van der Waals surface area contributed by atoms with Gasteiger partial charge in [-0.15, -0.1) is 24.5 Å². The largest absolute Gasteiger partial charge is 0.573 e. The molecular formula is C36H30ClF3N4O6S. The molecule has 2 aromatic heterocycles. The van der Waals surface area contributed by atoms with Crippen LogP contribution < -0.4 is 9.64 Å². The van der Waals surface area contributed by atoms with Gasteiger partial charge < -0.3 is 9.84 Å². The van der Waals surface area contributed by atoms with Crippen LogP contribution in [0.1, 0.15) is 36.8 Å². The molecule has 1 saturated carbocycles. The zero-order valence-electron chi connectivity index (χ0n) is 27.6. The van der Waals surface area contributed by atoms with Crippen molar-refractivity contribution in [3.63, 3.8) is 0 Å². The number of allylic oxidation sites excluding steroid dienone is 2. The third kappa shape index (κ3) is 4.78. The van der Waals surface area contributed by atoms with Crippen molar-refractivity contribution in [1.82, 2.24) is 14.7 Å². The number of carbonyl (C=O) groups is 4. The number of phenols is 1. The van der Waals surface area contributed by atoms with Crippen LogP contribution in [-0.4, -0.2) is 56.8 Å². The van der Waals surface area contributed by atoms with Crippen LogP contribution in [0.4, 0.5) is 19.0 Å². The molecule has 264 valence electrons. The monoisotopic (exact) mass is 738 g/mol. The average Bonchev–Trinajstić information content (AvgIpc) is 3.72. The minimum atomic E-state index is -5.04. The van der Waals surface area contributed by atoms with Gasteiger partial charge in [-0.25, -0.2) is 4.90 Å². The second-order valence-electron chi connectivity index (χ2n) is 13.9. The maximum absolute atomic E-state index is 14.9. The molecule has 2 saturated heterocycles. The quantitative estimate of drug-likeness (QED) is 0.182. The summed E-state index contributed by atoms with van der Waals surface area (Å²) in [6.45, 7) is 3.51. The van der Waals surface area contributed by atoms with Gasteiger partial charge in [-0.2, -0.15) is 5.10 Å². The molecule has 1 N–H and O–H groups in total. The molecule has 3 fully saturated rings. The van der Waals surface area contributed by atoms with Gasteiger partial charge in [0.15, 0.2) is 0 Å². The highest BCUT2D eigenvalue weighted by Crippen LogP contribution is 2.64. The van der Waals surface area contributed by atoms with Gasteiger partial charge in [-0.05, 0) is 80.0 Å². The molecule has 51 heavy (non-hydrogen) atoms. The lowest BCUT2D eigenvalue weighted by Gasteiger charge is -2.49. The number of benzene rings is 2. The first-order valence-corrected chi connectivity index (χ1v) is 17.4.